The zero-order chi connectivity index (χ0) is 22.9. The molecule has 32 heavy (non-hydrogen) atoms. The first-order valence-corrected chi connectivity index (χ1v) is 11.6. The number of esters is 1. The molecule has 0 bridgehead atoms. The van der Waals surface area contributed by atoms with Crippen LogP contribution in [0.3, 0.4) is 0 Å². The Morgan fingerprint density at radius 1 is 1.31 bits per heavy atom. The molecule has 1 amide bonds. The zero-order valence-corrected chi connectivity index (χ0v) is 19.4. The van der Waals surface area contributed by atoms with Gasteiger partial charge in [-0.15, -0.1) is 28.1 Å². The van der Waals surface area contributed by atoms with Crippen molar-refractivity contribution in [1.29, 1.82) is 0 Å². The molecule has 0 atom stereocenters. The quantitative estimate of drug-likeness (QED) is 0.256. The molecule has 0 spiro atoms. The van der Waals surface area contributed by atoms with Crippen LogP contribution >= 0.6 is 23.1 Å². The SMILES string of the molecule is C=CCn1c(SCC(=O)Nc2nc(CC(=O)OCC)cs2)nnc1-c1ccccc1OC. The van der Waals surface area contributed by atoms with E-state index in [2.05, 4.69) is 27.1 Å². The molecule has 0 radical (unpaired) electrons. The van der Waals surface area contributed by atoms with Crippen molar-refractivity contribution >= 4 is 40.1 Å². The van der Waals surface area contributed by atoms with Gasteiger partial charge in [0.15, 0.2) is 16.1 Å². The van der Waals surface area contributed by atoms with Gasteiger partial charge in [-0.2, -0.15) is 0 Å². The van der Waals surface area contributed by atoms with E-state index in [0.29, 0.717) is 40.7 Å². The molecular formula is C21H23N5O4S2. The number of nitrogens with one attached hydrogen (secondary N) is 1. The molecule has 0 unspecified atom stereocenters. The minimum Gasteiger partial charge on any atom is -0.496 e. The topological polar surface area (TPSA) is 108 Å². The molecular weight excluding hydrogens is 450 g/mol. The number of thioether (sulfide) groups is 1. The monoisotopic (exact) mass is 473 g/mol. The van der Waals surface area contributed by atoms with Crippen LogP contribution < -0.4 is 10.1 Å². The first-order valence-electron chi connectivity index (χ1n) is 9.75. The predicted octanol–water partition coefficient (Wildman–Crippen LogP) is 3.43. The Balaban J connectivity index is 1.65. The molecule has 2 heterocycles. The van der Waals surface area contributed by atoms with E-state index in [1.165, 1.54) is 23.1 Å². The Kier molecular flexibility index (Phi) is 8.40. The normalized spacial score (nSPS) is 10.6. The summed E-state index contributed by atoms with van der Waals surface area (Å²) >= 11 is 2.51. The summed E-state index contributed by atoms with van der Waals surface area (Å²) in [5, 5.41) is 14.0. The van der Waals surface area contributed by atoms with Crippen LogP contribution in [-0.2, 0) is 27.3 Å². The third-order valence-corrected chi connectivity index (χ3v) is 5.91. The number of anilines is 1. The van der Waals surface area contributed by atoms with Crippen LogP contribution in [0.4, 0.5) is 5.13 Å². The minimum atomic E-state index is -0.348. The number of para-hydroxylation sites is 1. The largest absolute Gasteiger partial charge is 0.496 e. The van der Waals surface area contributed by atoms with E-state index in [1.807, 2.05) is 28.8 Å². The molecule has 168 valence electrons. The summed E-state index contributed by atoms with van der Waals surface area (Å²) in [4.78, 5) is 28.2. The van der Waals surface area contributed by atoms with Gasteiger partial charge in [0.1, 0.15) is 5.75 Å². The van der Waals surface area contributed by atoms with Crippen molar-refractivity contribution in [2.24, 2.45) is 0 Å². The van der Waals surface area contributed by atoms with E-state index in [0.717, 1.165) is 5.56 Å². The predicted molar refractivity (Wildman–Crippen MR) is 124 cm³/mol. The van der Waals surface area contributed by atoms with Crippen LogP contribution in [0.15, 0.2) is 47.5 Å². The Hall–Kier alpha value is -3.18. The fraction of sp³-hybridized carbons (Fsp3) is 0.286. The summed E-state index contributed by atoms with van der Waals surface area (Å²) in [6, 6.07) is 7.54. The molecule has 2 aromatic heterocycles. The highest BCUT2D eigenvalue weighted by Gasteiger charge is 2.18. The van der Waals surface area contributed by atoms with Crippen LogP contribution in [0.25, 0.3) is 11.4 Å². The number of allylic oxidation sites excluding steroid dienone is 1. The first-order chi connectivity index (χ1) is 15.5. The van der Waals surface area contributed by atoms with Gasteiger partial charge >= 0.3 is 5.97 Å². The van der Waals surface area contributed by atoms with Gasteiger partial charge in [0.05, 0.1) is 37.1 Å². The lowest BCUT2D eigenvalue weighted by atomic mass is 10.2. The summed E-state index contributed by atoms with van der Waals surface area (Å²) < 4.78 is 12.2. The van der Waals surface area contributed by atoms with Gasteiger partial charge in [0.2, 0.25) is 5.91 Å². The van der Waals surface area contributed by atoms with Crippen molar-refractivity contribution in [3.8, 4) is 17.1 Å². The van der Waals surface area contributed by atoms with E-state index < -0.39 is 0 Å². The third-order valence-electron chi connectivity index (χ3n) is 4.14. The van der Waals surface area contributed by atoms with Crippen molar-refractivity contribution in [1.82, 2.24) is 19.7 Å². The van der Waals surface area contributed by atoms with E-state index in [-0.39, 0.29) is 24.1 Å². The van der Waals surface area contributed by atoms with E-state index >= 15 is 0 Å². The average molecular weight is 474 g/mol. The lowest BCUT2D eigenvalue weighted by Crippen LogP contribution is -2.15. The van der Waals surface area contributed by atoms with Crippen molar-refractivity contribution < 1.29 is 19.1 Å². The number of hydrogen-bond acceptors (Lipinski definition) is 9. The standard InChI is InChI=1S/C21H23N5O4S2/c1-4-10-26-19(15-8-6-7-9-16(15)29-3)24-25-21(26)32-13-17(27)23-20-22-14(12-31-20)11-18(28)30-5-2/h4,6-9,12H,1,5,10-11,13H2,2-3H3,(H,22,23,27). The number of ether oxygens (including phenoxy) is 2. The second-order valence-electron chi connectivity index (χ2n) is 6.37. The number of carbonyl (C=O) groups is 2. The Morgan fingerprint density at radius 3 is 2.88 bits per heavy atom. The van der Waals surface area contributed by atoms with Gasteiger partial charge in [0.25, 0.3) is 0 Å². The van der Waals surface area contributed by atoms with Crippen molar-refractivity contribution in [2.45, 2.75) is 25.0 Å². The number of amides is 1. The number of thiazole rings is 1. The number of nitrogens with zero attached hydrogens (tertiary/aromatic N) is 4. The number of benzene rings is 1. The number of methoxy groups -OCH3 is 1. The van der Waals surface area contributed by atoms with Gasteiger partial charge in [-0.3, -0.25) is 14.2 Å². The Bertz CT molecular complexity index is 1100. The van der Waals surface area contributed by atoms with Gasteiger partial charge in [0, 0.05) is 11.9 Å². The zero-order valence-electron chi connectivity index (χ0n) is 17.7. The molecule has 0 aliphatic carbocycles. The second-order valence-corrected chi connectivity index (χ2v) is 8.17. The van der Waals surface area contributed by atoms with Crippen LogP contribution in [0.5, 0.6) is 5.75 Å². The lowest BCUT2D eigenvalue weighted by Gasteiger charge is -2.10. The molecule has 1 aromatic carbocycles. The molecule has 3 aromatic rings. The number of aromatic nitrogens is 4. The highest BCUT2D eigenvalue weighted by molar-refractivity contribution is 7.99. The first kappa shape index (κ1) is 23.5. The van der Waals surface area contributed by atoms with Gasteiger partial charge in [-0.25, -0.2) is 4.98 Å². The number of hydrogen-bond donors (Lipinski definition) is 1. The van der Waals surface area contributed by atoms with Crippen LogP contribution in [-0.4, -0.2) is 51.1 Å². The molecule has 0 fully saturated rings. The minimum absolute atomic E-state index is 0.0747. The number of rotatable bonds is 11. The second kappa shape index (κ2) is 11.4. The molecule has 3 rings (SSSR count). The van der Waals surface area contributed by atoms with Gasteiger partial charge in [-0.1, -0.05) is 30.0 Å². The smallest absolute Gasteiger partial charge is 0.311 e. The van der Waals surface area contributed by atoms with Crippen LogP contribution in [0.1, 0.15) is 12.6 Å². The highest BCUT2D eigenvalue weighted by atomic mass is 32.2. The molecule has 11 heteroatoms. The van der Waals surface area contributed by atoms with Gasteiger partial charge < -0.3 is 14.8 Å². The van der Waals surface area contributed by atoms with E-state index in [1.54, 1.807) is 25.5 Å². The van der Waals surface area contributed by atoms with E-state index in [4.69, 9.17) is 9.47 Å². The fourth-order valence-corrected chi connectivity index (χ4v) is 4.28. The molecule has 0 saturated heterocycles. The van der Waals surface area contributed by atoms with E-state index in [9.17, 15) is 9.59 Å². The Labute approximate surface area is 193 Å². The van der Waals surface area contributed by atoms with Crippen molar-refractivity contribution in [2.75, 3.05) is 24.8 Å². The summed E-state index contributed by atoms with van der Waals surface area (Å²) in [6.45, 7) is 6.35. The highest BCUT2D eigenvalue weighted by Crippen LogP contribution is 2.31. The molecule has 1 N–H and O–H groups in total. The number of carbonyl (C=O) groups excluding carboxylic acids is 2. The maximum atomic E-state index is 12.4. The Morgan fingerprint density at radius 2 is 2.12 bits per heavy atom. The molecule has 9 nitrogen and oxygen atoms in total. The molecule has 0 saturated carbocycles. The fourth-order valence-electron chi connectivity index (χ4n) is 2.81. The summed E-state index contributed by atoms with van der Waals surface area (Å²) in [5.41, 5.74) is 1.36. The van der Waals surface area contributed by atoms with Crippen LogP contribution in [0.2, 0.25) is 0 Å². The molecule has 0 aliphatic rings. The summed E-state index contributed by atoms with van der Waals surface area (Å²) in [7, 11) is 1.60. The summed E-state index contributed by atoms with van der Waals surface area (Å²) in [5.74, 6) is 0.849. The third kappa shape index (κ3) is 5.95. The van der Waals surface area contributed by atoms with Crippen LogP contribution in [0, 0.1) is 0 Å². The summed E-state index contributed by atoms with van der Waals surface area (Å²) in [6.07, 6.45) is 1.82. The molecule has 0 aliphatic heterocycles. The average Bonchev–Trinajstić information content (AvgIpc) is 3.39. The lowest BCUT2D eigenvalue weighted by molar-refractivity contribution is -0.142. The van der Waals surface area contributed by atoms with Gasteiger partial charge in [-0.05, 0) is 19.1 Å². The van der Waals surface area contributed by atoms with Crippen molar-refractivity contribution in [3.05, 3.63) is 48.0 Å². The van der Waals surface area contributed by atoms with Crippen molar-refractivity contribution in [3.63, 3.8) is 0 Å². The maximum Gasteiger partial charge on any atom is 0.311 e. The maximum absolute atomic E-state index is 12.4.